The molecule has 0 spiro atoms. The number of hydrogen-bond donors (Lipinski definition) is 3. The second-order valence-electron chi connectivity index (χ2n) is 11.5. The van der Waals surface area contributed by atoms with Crippen LogP contribution in [0.5, 0.6) is 11.5 Å². The zero-order valence-electron chi connectivity index (χ0n) is 23.2. The fourth-order valence-corrected chi connectivity index (χ4v) is 6.67. The van der Waals surface area contributed by atoms with Gasteiger partial charge in [-0.3, -0.25) is 4.79 Å². The number of piperidine rings is 2. The number of anilines is 1. The second-order valence-corrected chi connectivity index (χ2v) is 11.5. The van der Waals surface area contributed by atoms with Crippen LogP contribution in [0.1, 0.15) is 48.5 Å². The molecule has 1 atom stereocenters. The number of primary amides is 1. The van der Waals surface area contributed by atoms with Gasteiger partial charge in [0.15, 0.2) is 0 Å². The number of rotatable bonds is 7. The summed E-state index contributed by atoms with van der Waals surface area (Å²) >= 11 is 0. The lowest BCUT2D eigenvalue weighted by Gasteiger charge is -2.40. The van der Waals surface area contributed by atoms with Crippen molar-refractivity contribution in [2.45, 2.75) is 38.1 Å². The molecule has 2 aromatic carbocycles. The highest BCUT2D eigenvalue weighted by molar-refractivity contribution is 6.03. The van der Waals surface area contributed by atoms with E-state index in [2.05, 4.69) is 10.2 Å². The number of likely N-dealkylation sites (tertiary alicyclic amines) is 2. The second kappa shape index (κ2) is 11.8. The molecular formula is C31H38N6O4. The molecule has 6 rings (SSSR count). The molecule has 0 saturated carbocycles. The van der Waals surface area contributed by atoms with Crippen LogP contribution < -0.4 is 15.8 Å². The first-order chi connectivity index (χ1) is 20.0. The van der Waals surface area contributed by atoms with E-state index in [0.29, 0.717) is 41.9 Å². The van der Waals surface area contributed by atoms with Crippen molar-refractivity contribution in [1.82, 2.24) is 19.6 Å². The zero-order valence-corrected chi connectivity index (χ0v) is 23.2. The summed E-state index contributed by atoms with van der Waals surface area (Å²) in [5.74, 6) is 2.74. The van der Waals surface area contributed by atoms with Crippen molar-refractivity contribution < 1.29 is 19.4 Å². The highest BCUT2D eigenvalue weighted by Crippen LogP contribution is 2.40. The van der Waals surface area contributed by atoms with Crippen LogP contribution in [0.15, 0.2) is 54.6 Å². The molecule has 4 heterocycles. The van der Waals surface area contributed by atoms with Crippen LogP contribution in [0, 0.1) is 11.8 Å². The summed E-state index contributed by atoms with van der Waals surface area (Å²) in [4.78, 5) is 28.0. The van der Waals surface area contributed by atoms with Crippen molar-refractivity contribution in [2.24, 2.45) is 17.6 Å². The smallest absolute Gasteiger partial charge is 0.407 e. The molecule has 2 saturated heterocycles. The SMILES string of the molecule is NC(=O)c1c(-c2ccc(Oc3ccccc3)cc2)nn2c1NCC[C@H]2C1CCN(CC2CCN(C(=O)O)CC2)CC1. The number of hydrogen-bond acceptors (Lipinski definition) is 6. The maximum absolute atomic E-state index is 12.7. The van der Waals surface area contributed by atoms with Gasteiger partial charge in [0.2, 0.25) is 0 Å². The Balaban J connectivity index is 1.14. The lowest BCUT2D eigenvalue weighted by Crippen LogP contribution is -2.44. The molecule has 3 aromatic rings. The van der Waals surface area contributed by atoms with Gasteiger partial charge in [0.05, 0.1) is 6.04 Å². The van der Waals surface area contributed by atoms with Crippen LogP contribution in [0.4, 0.5) is 10.6 Å². The average Bonchev–Trinajstić information content (AvgIpc) is 3.39. The van der Waals surface area contributed by atoms with E-state index in [1.807, 2.05) is 59.3 Å². The first-order valence-electron chi connectivity index (χ1n) is 14.7. The van der Waals surface area contributed by atoms with Crippen molar-refractivity contribution in [1.29, 1.82) is 0 Å². The normalized spacial score (nSPS) is 20.3. The number of benzene rings is 2. The van der Waals surface area contributed by atoms with E-state index in [1.54, 1.807) is 0 Å². The molecule has 41 heavy (non-hydrogen) atoms. The molecule has 1 aromatic heterocycles. The number of amides is 2. The standard InChI is InChI=1S/C31H38N6O4/c32-29(38)27-28(23-6-8-25(9-7-23)41-24-4-2-1-3-5-24)34-37-26(10-15-33-30(27)37)22-13-16-35(17-14-22)20-21-11-18-36(19-12-21)31(39)40/h1-9,21-22,26,33H,10-20H2,(H2,32,38)(H,39,40)/t26-/m0/s1. The third kappa shape index (κ3) is 5.88. The van der Waals surface area contributed by atoms with Gasteiger partial charge in [-0.1, -0.05) is 18.2 Å². The van der Waals surface area contributed by atoms with Crippen LogP contribution in [0.25, 0.3) is 11.3 Å². The molecule has 0 unspecified atom stereocenters. The minimum absolute atomic E-state index is 0.208. The van der Waals surface area contributed by atoms with Gasteiger partial charge in [0.25, 0.3) is 5.91 Å². The van der Waals surface area contributed by atoms with Gasteiger partial charge >= 0.3 is 6.09 Å². The number of fused-ring (bicyclic) bond motifs is 1. The Morgan fingerprint density at radius 3 is 2.27 bits per heavy atom. The molecule has 3 aliphatic rings. The lowest BCUT2D eigenvalue weighted by atomic mass is 9.86. The predicted octanol–water partition coefficient (Wildman–Crippen LogP) is 4.90. The highest BCUT2D eigenvalue weighted by Gasteiger charge is 2.36. The van der Waals surface area contributed by atoms with Crippen LogP contribution in [-0.2, 0) is 0 Å². The zero-order chi connectivity index (χ0) is 28.3. The Kier molecular flexibility index (Phi) is 7.82. The van der Waals surface area contributed by atoms with Gasteiger partial charge < -0.3 is 30.7 Å². The Hall–Kier alpha value is -4.05. The van der Waals surface area contributed by atoms with Gasteiger partial charge in [-0.25, -0.2) is 9.48 Å². The van der Waals surface area contributed by atoms with Crippen molar-refractivity contribution in [2.75, 3.05) is 44.6 Å². The molecule has 4 N–H and O–H groups in total. The molecule has 2 fully saturated rings. The van der Waals surface area contributed by atoms with E-state index in [4.69, 9.17) is 15.6 Å². The fraction of sp³-hybridized carbons (Fsp3) is 0.452. The minimum atomic E-state index is -0.805. The fourth-order valence-electron chi connectivity index (χ4n) is 6.67. The summed E-state index contributed by atoms with van der Waals surface area (Å²) in [6, 6.07) is 17.4. The number of carbonyl (C=O) groups excluding carboxylic acids is 1. The van der Waals surface area contributed by atoms with Crippen molar-refractivity contribution in [3.05, 3.63) is 60.2 Å². The molecule has 2 amide bonds. The molecule has 0 radical (unpaired) electrons. The van der Waals surface area contributed by atoms with Gasteiger partial charge in [-0.05, 0) is 93.4 Å². The summed E-state index contributed by atoms with van der Waals surface area (Å²) in [6.07, 6.45) is 4.18. The molecule has 0 aliphatic carbocycles. The number of carbonyl (C=O) groups is 2. The predicted molar refractivity (Wildman–Crippen MR) is 156 cm³/mol. The maximum Gasteiger partial charge on any atom is 0.407 e. The number of nitrogens with zero attached hydrogens (tertiary/aromatic N) is 4. The summed E-state index contributed by atoms with van der Waals surface area (Å²) in [5, 5.41) is 17.6. The third-order valence-corrected chi connectivity index (χ3v) is 8.89. The molecular weight excluding hydrogens is 520 g/mol. The number of nitrogens with one attached hydrogen (secondary N) is 1. The minimum Gasteiger partial charge on any atom is -0.465 e. The summed E-state index contributed by atoms with van der Waals surface area (Å²) in [5.41, 5.74) is 7.78. The maximum atomic E-state index is 12.7. The van der Waals surface area contributed by atoms with E-state index < -0.39 is 12.0 Å². The Labute approximate surface area is 240 Å². The van der Waals surface area contributed by atoms with Gasteiger partial charge in [0.1, 0.15) is 28.6 Å². The summed E-state index contributed by atoms with van der Waals surface area (Å²) in [7, 11) is 0. The van der Waals surface area contributed by atoms with Crippen LogP contribution in [0.2, 0.25) is 0 Å². The molecule has 10 heteroatoms. The molecule has 3 aliphatic heterocycles. The van der Waals surface area contributed by atoms with E-state index in [9.17, 15) is 14.7 Å². The van der Waals surface area contributed by atoms with Crippen molar-refractivity contribution in [3.8, 4) is 22.8 Å². The molecule has 216 valence electrons. The summed E-state index contributed by atoms with van der Waals surface area (Å²) in [6.45, 7) is 5.16. The number of aromatic nitrogens is 2. The number of ether oxygens (including phenoxy) is 1. The van der Waals surface area contributed by atoms with Crippen molar-refractivity contribution in [3.63, 3.8) is 0 Å². The van der Waals surface area contributed by atoms with Crippen LogP contribution in [0.3, 0.4) is 0 Å². The Morgan fingerprint density at radius 2 is 1.61 bits per heavy atom. The molecule has 0 bridgehead atoms. The third-order valence-electron chi connectivity index (χ3n) is 8.89. The Bertz CT molecular complexity index is 1360. The van der Waals surface area contributed by atoms with Crippen LogP contribution in [-0.4, -0.2) is 76.0 Å². The summed E-state index contributed by atoms with van der Waals surface area (Å²) < 4.78 is 7.96. The van der Waals surface area contributed by atoms with Gasteiger partial charge in [-0.15, -0.1) is 0 Å². The van der Waals surface area contributed by atoms with Gasteiger partial charge in [0, 0.05) is 31.7 Å². The quantitative estimate of drug-likeness (QED) is 0.377. The number of para-hydroxylation sites is 1. The Morgan fingerprint density at radius 1 is 0.927 bits per heavy atom. The monoisotopic (exact) mass is 558 g/mol. The first-order valence-corrected chi connectivity index (χ1v) is 14.7. The van der Waals surface area contributed by atoms with E-state index in [-0.39, 0.29) is 6.04 Å². The lowest BCUT2D eigenvalue weighted by molar-refractivity contribution is 0.0935. The molecule has 10 nitrogen and oxygen atoms in total. The largest absolute Gasteiger partial charge is 0.465 e. The van der Waals surface area contributed by atoms with Gasteiger partial charge in [-0.2, -0.15) is 5.10 Å². The average molecular weight is 559 g/mol. The van der Waals surface area contributed by atoms with Crippen LogP contribution >= 0.6 is 0 Å². The van der Waals surface area contributed by atoms with Crippen molar-refractivity contribution >= 4 is 17.8 Å². The number of nitrogens with two attached hydrogens (primary N) is 1. The van der Waals surface area contributed by atoms with E-state index in [0.717, 1.165) is 75.4 Å². The highest BCUT2D eigenvalue weighted by atomic mass is 16.5. The first kappa shape index (κ1) is 27.1. The number of carboxylic acid groups (broad SMARTS) is 1. The van der Waals surface area contributed by atoms with E-state index in [1.165, 1.54) is 4.90 Å². The topological polar surface area (TPSA) is 126 Å². The van der Waals surface area contributed by atoms with E-state index >= 15 is 0 Å².